The number of alkyl halides is 3. The van der Waals surface area contributed by atoms with Crippen LogP contribution in [0.1, 0.15) is 18.4 Å². The van der Waals surface area contributed by atoms with Crippen LogP contribution in [0.3, 0.4) is 0 Å². The molecule has 1 aliphatic heterocycles. The van der Waals surface area contributed by atoms with E-state index in [2.05, 4.69) is 10.6 Å². The Balaban J connectivity index is 1.48. The third kappa shape index (κ3) is 3.74. The molecule has 1 fully saturated rings. The van der Waals surface area contributed by atoms with Crippen LogP contribution in [0.5, 0.6) is 5.75 Å². The highest BCUT2D eigenvalue weighted by Crippen LogP contribution is 2.47. The summed E-state index contributed by atoms with van der Waals surface area (Å²) in [5.74, 6) is -0.467. The molecular weight excluding hydrogens is 337 g/mol. The van der Waals surface area contributed by atoms with Crippen molar-refractivity contribution in [3.8, 4) is 5.75 Å². The van der Waals surface area contributed by atoms with Gasteiger partial charge >= 0.3 is 6.18 Å². The lowest BCUT2D eigenvalue weighted by Gasteiger charge is -2.35. The molecule has 2 aliphatic rings. The quantitative estimate of drug-likeness (QED) is 0.689. The second-order valence-corrected chi connectivity index (χ2v) is 6.61. The topological polar surface area (TPSA) is 70.6 Å². The Bertz CT molecular complexity index is 609. The van der Waals surface area contributed by atoms with Crippen LogP contribution in [0.25, 0.3) is 0 Å². The number of amides is 1. The first-order valence-electron chi connectivity index (χ1n) is 8.29. The predicted molar refractivity (Wildman–Crippen MR) is 84.2 cm³/mol. The Morgan fingerprint density at radius 3 is 2.60 bits per heavy atom. The first-order chi connectivity index (χ1) is 11.9. The molecule has 138 valence electrons. The Hall–Kier alpha value is -1.80. The lowest BCUT2D eigenvalue weighted by molar-refractivity contribution is -0.213. The second-order valence-electron chi connectivity index (χ2n) is 6.61. The van der Waals surface area contributed by atoms with E-state index in [0.29, 0.717) is 19.3 Å². The summed E-state index contributed by atoms with van der Waals surface area (Å²) in [5, 5.41) is 14.1. The standard InChI is InChI=1S/C17H21F3N2O3/c18-17(19,20)16(10-23,12-5-6-12)22-9-15(24)21-8-13-7-11-3-1-2-4-14(11)25-13/h1-4,12-13,22-23H,5-10H2,(H,21,24). The normalized spacial score (nSPS) is 22.0. The van der Waals surface area contributed by atoms with E-state index in [9.17, 15) is 23.1 Å². The van der Waals surface area contributed by atoms with Gasteiger partial charge in [-0.1, -0.05) is 18.2 Å². The first kappa shape index (κ1) is 18.0. The highest BCUT2D eigenvalue weighted by molar-refractivity contribution is 5.78. The fraction of sp³-hybridized carbons (Fsp3) is 0.588. The minimum absolute atomic E-state index is 0.219. The van der Waals surface area contributed by atoms with Gasteiger partial charge in [0.1, 0.15) is 17.4 Å². The lowest BCUT2D eigenvalue weighted by Crippen LogP contribution is -2.63. The van der Waals surface area contributed by atoms with Crippen molar-refractivity contribution < 1.29 is 27.8 Å². The van der Waals surface area contributed by atoms with E-state index in [1.165, 1.54) is 0 Å². The highest BCUT2D eigenvalue weighted by atomic mass is 19.4. The smallest absolute Gasteiger partial charge is 0.409 e. The molecule has 0 radical (unpaired) electrons. The Labute approximate surface area is 143 Å². The fourth-order valence-electron chi connectivity index (χ4n) is 3.22. The molecule has 0 aromatic heterocycles. The summed E-state index contributed by atoms with van der Waals surface area (Å²) in [4.78, 5) is 11.9. The molecule has 3 rings (SSSR count). The first-order valence-corrected chi connectivity index (χ1v) is 8.29. The van der Waals surface area contributed by atoms with E-state index >= 15 is 0 Å². The molecule has 1 saturated carbocycles. The van der Waals surface area contributed by atoms with Gasteiger partial charge in [0.05, 0.1) is 19.7 Å². The van der Waals surface area contributed by atoms with Crippen molar-refractivity contribution in [1.82, 2.24) is 10.6 Å². The molecule has 0 spiro atoms. The molecule has 8 heteroatoms. The molecule has 1 aromatic rings. The Morgan fingerprint density at radius 2 is 2.00 bits per heavy atom. The van der Waals surface area contributed by atoms with Gasteiger partial charge in [0.15, 0.2) is 0 Å². The van der Waals surface area contributed by atoms with Crippen LogP contribution in [0.15, 0.2) is 24.3 Å². The van der Waals surface area contributed by atoms with Gasteiger partial charge in [0.25, 0.3) is 0 Å². The van der Waals surface area contributed by atoms with Crippen molar-refractivity contribution in [2.75, 3.05) is 19.7 Å². The zero-order chi connectivity index (χ0) is 18.1. The lowest BCUT2D eigenvalue weighted by atomic mass is 9.93. The molecule has 3 N–H and O–H groups in total. The van der Waals surface area contributed by atoms with E-state index in [4.69, 9.17) is 4.74 Å². The molecule has 0 bridgehead atoms. The number of aliphatic hydroxyl groups is 1. The maximum absolute atomic E-state index is 13.3. The summed E-state index contributed by atoms with van der Waals surface area (Å²) >= 11 is 0. The summed E-state index contributed by atoms with van der Waals surface area (Å²) in [5.41, 5.74) is -1.35. The molecule has 25 heavy (non-hydrogen) atoms. The van der Waals surface area contributed by atoms with Crippen LogP contribution in [0, 0.1) is 5.92 Å². The van der Waals surface area contributed by atoms with Crippen LogP contribution in [0.2, 0.25) is 0 Å². The van der Waals surface area contributed by atoms with Gasteiger partial charge in [-0.3, -0.25) is 10.1 Å². The number of ether oxygens (including phenoxy) is 1. The summed E-state index contributed by atoms with van der Waals surface area (Å²) < 4.78 is 45.6. The third-order valence-corrected chi connectivity index (χ3v) is 4.83. The van der Waals surface area contributed by atoms with Gasteiger partial charge in [0, 0.05) is 6.42 Å². The summed E-state index contributed by atoms with van der Waals surface area (Å²) in [7, 11) is 0. The zero-order valence-electron chi connectivity index (χ0n) is 13.6. The van der Waals surface area contributed by atoms with Crippen LogP contribution in [-0.2, 0) is 11.2 Å². The number of carbonyl (C=O) groups excluding carboxylic acids is 1. The van der Waals surface area contributed by atoms with E-state index in [1.807, 2.05) is 24.3 Å². The van der Waals surface area contributed by atoms with E-state index in [0.717, 1.165) is 11.3 Å². The molecular formula is C17H21F3N2O3. The molecule has 2 unspecified atom stereocenters. The van der Waals surface area contributed by atoms with Crippen LogP contribution >= 0.6 is 0 Å². The molecule has 1 heterocycles. The van der Waals surface area contributed by atoms with E-state index < -0.39 is 36.7 Å². The molecule has 1 amide bonds. The fourth-order valence-corrected chi connectivity index (χ4v) is 3.22. The zero-order valence-corrected chi connectivity index (χ0v) is 13.6. The summed E-state index contributed by atoms with van der Waals surface area (Å²) in [6, 6.07) is 7.53. The number of nitrogens with one attached hydrogen (secondary N) is 2. The van der Waals surface area contributed by atoms with Gasteiger partial charge in [-0.05, 0) is 30.4 Å². The summed E-state index contributed by atoms with van der Waals surface area (Å²) in [6.07, 6.45) is -3.41. The number of aliphatic hydroxyl groups excluding tert-OH is 1. The molecule has 2 atom stereocenters. The van der Waals surface area contributed by atoms with Crippen molar-refractivity contribution in [3.63, 3.8) is 0 Å². The molecule has 1 aliphatic carbocycles. The number of hydrogen-bond acceptors (Lipinski definition) is 4. The Morgan fingerprint density at radius 1 is 1.28 bits per heavy atom. The number of fused-ring (bicyclic) bond motifs is 1. The molecule has 5 nitrogen and oxygen atoms in total. The van der Waals surface area contributed by atoms with Crippen molar-refractivity contribution in [2.24, 2.45) is 5.92 Å². The van der Waals surface area contributed by atoms with Crippen LogP contribution < -0.4 is 15.4 Å². The van der Waals surface area contributed by atoms with Crippen molar-refractivity contribution in [3.05, 3.63) is 29.8 Å². The third-order valence-electron chi connectivity index (χ3n) is 4.83. The maximum Gasteiger partial charge on any atom is 0.409 e. The minimum Gasteiger partial charge on any atom is -0.488 e. The highest BCUT2D eigenvalue weighted by Gasteiger charge is 2.62. The van der Waals surface area contributed by atoms with Crippen molar-refractivity contribution in [1.29, 1.82) is 0 Å². The number of hydrogen-bond donors (Lipinski definition) is 3. The maximum atomic E-state index is 13.3. The number of benzene rings is 1. The van der Waals surface area contributed by atoms with E-state index in [-0.39, 0.29) is 12.6 Å². The average Bonchev–Trinajstić information content (AvgIpc) is 3.32. The Kier molecular flexibility index (Phi) is 4.92. The van der Waals surface area contributed by atoms with Crippen LogP contribution in [0.4, 0.5) is 13.2 Å². The monoisotopic (exact) mass is 358 g/mol. The minimum atomic E-state index is -4.61. The number of para-hydroxylation sites is 1. The van der Waals surface area contributed by atoms with Crippen LogP contribution in [-0.4, -0.2) is 48.5 Å². The second kappa shape index (κ2) is 6.84. The van der Waals surface area contributed by atoms with Gasteiger partial charge in [-0.2, -0.15) is 13.2 Å². The largest absolute Gasteiger partial charge is 0.488 e. The van der Waals surface area contributed by atoms with Gasteiger partial charge < -0.3 is 15.2 Å². The van der Waals surface area contributed by atoms with Gasteiger partial charge in [0.2, 0.25) is 5.91 Å². The SMILES string of the molecule is O=C(CNC(CO)(C1CC1)C(F)(F)F)NCC1Cc2ccccc2O1. The number of carbonyl (C=O) groups is 1. The van der Waals surface area contributed by atoms with Crippen molar-refractivity contribution >= 4 is 5.91 Å². The predicted octanol–water partition coefficient (Wildman–Crippen LogP) is 1.40. The van der Waals surface area contributed by atoms with Crippen molar-refractivity contribution in [2.45, 2.75) is 37.1 Å². The average molecular weight is 358 g/mol. The van der Waals surface area contributed by atoms with E-state index in [1.54, 1.807) is 0 Å². The number of halogens is 3. The number of rotatable bonds is 7. The molecule has 1 aromatic carbocycles. The summed E-state index contributed by atoms with van der Waals surface area (Å²) in [6.45, 7) is -1.36. The molecule has 0 saturated heterocycles. The van der Waals surface area contributed by atoms with Gasteiger partial charge in [-0.15, -0.1) is 0 Å². The van der Waals surface area contributed by atoms with Gasteiger partial charge in [-0.25, -0.2) is 0 Å².